The molecule has 0 aliphatic carbocycles. The van der Waals surface area contributed by atoms with Crippen LogP contribution in [0.25, 0.3) is 22.6 Å². The predicted molar refractivity (Wildman–Crippen MR) is 126 cm³/mol. The van der Waals surface area contributed by atoms with Gasteiger partial charge >= 0.3 is 0 Å². The number of nitrogens with zero attached hydrogens (tertiary/aromatic N) is 3. The van der Waals surface area contributed by atoms with E-state index in [1.807, 2.05) is 17.7 Å². The molecule has 33 heavy (non-hydrogen) atoms. The molecule has 2 aromatic heterocycles. The maximum absolute atomic E-state index is 12.4. The molecule has 9 nitrogen and oxygen atoms in total. The number of hydrogen-bond donors (Lipinski definition) is 2. The number of para-hydroxylation sites is 1. The molecule has 0 aliphatic rings. The van der Waals surface area contributed by atoms with Crippen molar-refractivity contribution in [1.82, 2.24) is 14.1 Å². The van der Waals surface area contributed by atoms with Crippen LogP contribution in [0.5, 0.6) is 11.5 Å². The Morgan fingerprint density at radius 2 is 1.94 bits per heavy atom. The van der Waals surface area contributed by atoms with E-state index in [1.54, 1.807) is 54.2 Å². The standard InChI is InChI=1S/C23H22ClN5O4/c1-28-11-14(22(25)31)21(32-3)20(28)23-27-16-10-13(8-9-17(16)29(23)2)26-19(30)12-33-18-7-5-4-6-15(18)24/h4-11H,12H2,1-3H3,(H2,25,31)(H,26,30). The van der Waals surface area contributed by atoms with Crippen molar-refractivity contribution < 1.29 is 19.1 Å². The average molecular weight is 468 g/mol. The molecular formula is C23H22ClN5O4. The van der Waals surface area contributed by atoms with Crippen LogP contribution in [0.2, 0.25) is 5.02 Å². The minimum absolute atomic E-state index is 0.189. The number of anilines is 1. The van der Waals surface area contributed by atoms with E-state index in [1.165, 1.54) is 7.11 Å². The van der Waals surface area contributed by atoms with Crippen molar-refractivity contribution >= 4 is 40.1 Å². The fourth-order valence-electron chi connectivity index (χ4n) is 3.64. The topological polar surface area (TPSA) is 113 Å². The van der Waals surface area contributed by atoms with Crippen LogP contribution in [-0.2, 0) is 18.9 Å². The average Bonchev–Trinajstić information content (AvgIpc) is 3.29. The number of primary amides is 1. The number of imidazole rings is 1. The molecule has 2 heterocycles. The molecule has 170 valence electrons. The fraction of sp³-hybridized carbons (Fsp3) is 0.174. The van der Waals surface area contributed by atoms with Gasteiger partial charge in [0, 0.05) is 26.0 Å². The summed E-state index contributed by atoms with van der Waals surface area (Å²) in [6.07, 6.45) is 1.61. The van der Waals surface area contributed by atoms with Crippen LogP contribution in [0, 0.1) is 0 Å². The summed E-state index contributed by atoms with van der Waals surface area (Å²) in [5.41, 5.74) is 8.42. The second-order valence-corrected chi connectivity index (χ2v) is 7.77. The number of aryl methyl sites for hydroxylation is 2. The quantitative estimate of drug-likeness (QED) is 0.432. The van der Waals surface area contributed by atoms with Crippen LogP contribution in [0.1, 0.15) is 10.4 Å². The van der Waals surface area contributed by atoms with Gasteiger partial charge in [-0.25, -0.2) is 4.98 Å². The number of halogens is 1. The van der Waals surface area contributed by atoms with E-state index >= 15 is 0 Å². The summed E-state index contributed by atoms with van der Waals surface area (Å²) in [6.45, 7) is -0.189. The Bertz CT molecular complexity index is 1370. The second kappa shape index (κ2) is 8.87. The normalized spacial score (nSPS) is 10.9. The molecule has 4 aromatic rings. The van der Waals surface area contributed by atoms with Gasteiger partial charge in [-0.1, -0.05) is 23.7 Å². The number of amides is 2. The van der Waals surface area contributed by atoms with Crippen molar-refractivity contribution in [1.29, 1.82) is 0 Å². The number of methoxy groups -OCH3 is 1. The van der Waals surface area contributed by atoms with Gasteiger partial charge in [0.1, 0.15) is 11.4 Å². The third-order valence-electron chi connectivity index (χ3n) is 5.18. The first kappa shape index (κ1) is 22.2. The van der Waals surface area contributed by atoms with Gasteiger partial charge in [0.05, 0.1) is 28.7 Å². The highest BCUT2D eigenvalue weighted by molar-refractivity contribution is 6.32. The van der Waals surface area contributed by atoms with Crippen molar-refractivity contribution in [3.8, 4) is 23.0 Å². The summed E-state index contributed by atoms with van der Waals surface area (Å²) in [6, 6.07) is 12.3. The van der Waals surface area contributed by atoms with Gasteiger partial charge in [-0.2, -0.15) is 0 Å². The zero-order valence-electron chi connectivity index (χ0n) is 18.3. The molecule has 0 saturated carbocycles. The van der Waals surface area contributed by atoms with Gasteiger partial charge in [-0.3, -0.25) is 9.59 Å². The lowest BCUT2D eigenvalue weighted by Crippen LogP contribution is -2.20. The van der Waals surface area contributed by atoms with Crippen LogP contribution >= 0.6 is 11.6 Å². The van der Waals surface area contributed by atoms with Crippen molar-refractivity contribution in [2.45, 2.75) is 0 Å². The molecule has 0 bridgehead atoms. The Kier molecular flexibility index (Phi) is 5.97. The van der Waals surface area contributed by atoms with E-state index in [0.29, 0.717) is 39.2 Å². The first-order chi connectivity index (χ1) is 15.8. The lowest BCUT2D eigenvalue weighted by molar-refractivity contribution is -0.118. The van der Waals surface area contributed by atoms with Gasteiger partial charge in [0.25, 0.3) is 11.8 Å². The zero-order valence-corrected chi connectivity index (χ0v) is 19.0. The summed E-state index contributed by atoms with van der Waals surface area (Å²) < 4.78 is 14.6. The van der Waals surface area contributed by atoms with Crippen LogP contribution in [0.3, 0.4) is 0 Å². The van der Waals surface area contributed by atoms with Crippen molar-refractivity contribution in [2.24, 2.45) is 19.8 Å². The largest absolute Gasteiger partial charge is 0.494 e. The highest BCUT2D eigenvalue weighted by Gasteiger charge is 2.24. The summed E-state index contributed by atoms with van der Waals surface area (Å²) in [7, 11) is 5.12. The molecule has 2 aromatic carbocycles. The van der Waals surface area contributed by atoms with E-state index in [2.05, 4.69) is 5.32 Å². The Balaban J connectivity index is 1.59. The Morgan fingerprint density at radius 1 is 1.18 bits per heavy atom. The maximum atomic E-state index is 12.4. The number of hydrogen-bond acceptors (Lipinski definition) is 5. The summed E-state index contributed by atoms with van der Waals surface area (Å²) in [5, 5.41) is 3.23. The number of nitrogens with one attached hydrogen (secondary N) is 1. The molecule has 0 saturated heterocycles. The molecule has 0 radical (unpaired) electrons. The van der Waals surface area contributed by atoms with E-state index < -0.39 is 5.91 Å². The SMILES string of the molecule is COc1c(C(N)=O)cn(C)c1-c1nc2cc(NC(=O)COc3ccccc3Cl)ccc2n1C. The molecule has 0 atom stereocenters. The zero-order chi connectivity index (χ0) is 23.7. The van der Waals surface area contributed by atoms with Crippen LogP contribution in [0.4, 0.5) is 5.69 Å². The van der Waals surface area contributed by atoms with Crippen molar-refractivity contribution in [3.63, 3.8) is 0 Å². The Hall–Kier alpha value is -3.98. The lowest BCUT2D eigenvalue weighted by Gasteiger charge is -2.09. The number of aromatic nitrogens is 3. The minimum atomic E-state index is -0.587. The first-order valence-corrected chi connectivity index (χ1v) is 10.3. The van der Waals surface area contributed by atoms with Crippen molar-refractivity contribution in [2.75, 3.05) is 19.0 Å². The van der Waals surface area contributed by atoms with Gasteiger partial charge in [0.2, 0.25) is 0 Å². The fourth-order valence-corrected chi connectivity index (χ4v) is 3.83. The first-order valence-electron chi connectivity index (χ1n) is 9.97. The second-order valence-electron chi connectivity index (χ2n) is 7.36. The van der Waals surface area contributed by atoms with Gasteiger partial charge in [-0.05, 0) is 30.3 Å². The molecule has 0 unspecified atom stereocenters. The van der Waals surface area contributed by atoms with Crippen molar-refractivity contribution in [3.05, 3.63) is 59.2 Å². The van der Waals surface area contributed by atoms with Crippen LogP contribution in [0.15, 0.2) is 48.7 Å². The predicted octanol–water partition coefficient (Wildman–Crippen LogP) is 3.36. The van der Waals surface area contributed by atoms with Crippen LogP contribution in [-0.4, -0.2) is 39.6 Å². The molecule has 10 heteroatoms. The van der Waals surface area contributed by atoms with E-state index in [9.17, 15) is 9.59 Å². The smallest absolute Gasteiger partial charge is 0.262 e. The third kappa shape index (κ3) is 4.22. The number of carbonyl (C=O) groups excluding carboxylic acids is 2. The van der Waals surface area contributed by atoms with Crippen LogP contribution < -0.4 is 20.5 Å². The molecule has 0 fully saturated rings. The van der Waals surface area contributed by atoms with Gasteiger partial charge in [0.15, 0.2) is 18.2 Å². The summed E-state index contributed by atoms with van der Waals surface area (Å²) >= 11 is 6.05. The Labute approximate surface area is 194 Å². The molecule has 0 spiro atoms. The Morgan fingerprint density at radius 3 is 2.64 bits per heavy atom. The van der Waals surface area contributed by atoms with Gasteiger partial charge < -0.3 is 29.7 Å². The van der Waals surface area contributed by atoms with Gasteiger partial charge in [-0.15, -0.1) is 0 Å². The molecule has 0 aliphatic heterocycles. The number of ether oxygens (including phenoxy) is 2. The molecule has 4 rings (SSSR count). The molecule has 2 amide bonds. The maximum Gasteiger partial charge on any atom is 0.262 e. The highest BCUT2D eigenvalue weighted by atomic mass is 35.5. The lowest BCUT2D eigenvalue weighted by atomic mass is 10.2. The number of nitrogens with two attached hydrogens (primary N) is 1. The van der Waals surface area contributed by atoms with E-state index in [-0.39, 0.29) is 18.1 Å². The molecular weight excluding hydrogens is 446 g/mol. The minimum Gasteiger partial charge on any atom is -0.494 e. The molecule has 3 N–H and O–H groups in total. The third-order valence-corrected chi connectivity index (χ3v) is 5.49. The summed E-state index contributed by atoms with van der Waals surface area (Å²) in [4.78, 5) is 28.8. The monoisotopic (exact) mass is 467 g/mol. The number of benzene rings is 2. The highest BCUT2D eigenvalue weighted by Crippen LogP contribution is 2.35. The summed E-state index contributed by atoms with van der Waals surface area (Å²) in [5.74, 6) is 0.458. The van der Waals surface area contributed by atoms with E-state index in [0.717, 1.165) is 5.52 Å². The number of fused-ring (bicyclic) bond motifs is 1. The number of rotatable bonds is 7. The van der Waals surface area contributed by atoms with E-state index in [4.69, 9.17) is 31.8 Å². The number of carbonyl (C=O) groups is 2.